The Morgan fingerprint density at radius 2 is 2.08 bits per heavy atom. The topological polar surface area (TPSA) is 78.5 Å². The fourth-order valence-electron chi connectivity index (χ4n) is 0.674. The van der Waals surface area contributed by atoms with Crippen molar-refractivity contribution in [3.63, 3.8) is 0 Å². The number of hydrogen-bond acceptors (Lipinski definition) is 3. The molecule has 1 rings (SSSR count). The van der Waals surface area contributed by atoms with E-state index in [-0.39, 0.29) is 0 Å². The Kier molecular flexibility index (Phi) is 1.68. The lowest BCUT2D eigenvalue weighted by Crippen LogP contribution is -2.07. The highest BCUT2D eigenvalue weighted by molar-refractivity contribution is 5.51. The van der Waals surface area contributed by atoms with Crippen LogP contribution in [0.25, 0.3) is 0 Å². The molecule has 0 saturated carbocycles. The maximum atomic E-state index is 12.0. The molecule has 0 unspecified atom stereocenters. The van der Waals surface area contributed by atoms with E-state index in [9.17, 15) is 13.2 Å². The van der Waals surface area contributed by atoms with Gasteiger partial charge in [0.25, 0.3) is 0 Å². The minimum atomic E-state index is -4.62. The van der Waals surface area contributed by atoms with Crippen molar-refractivity contribution in [1.29, 1.82) is 5.26 Å². The van der Waals surface area contributed by atoms with Crippen molar-refractivity contribution in [2.45, 2.75) is 6.18 Å². The number of nitrogens with zero attached hydrogens (tertiary/aromatic N) is 2. The fraction of sp³-hybridized carbons (Fsp3) is 0.200. The lowest BCUT2D eigenvalue weighted by molar-refractivity contribution is -0.141. The Hall–Kier alpha value is -1.71. The van der Waals surface area contributed by atoms with Gasteiger partial charge in [-0.05, 0) is 0 Å². The molecule has 0 aromatic carbocycles. The summed E-state index contributed by atoms with van der Waals surface area (Å²) in [4.78, 5) is 0. The van der Waals surface area contributed by atoms with Crippen LogP contribution < -0.4 is 5.73 Å². The van der Waals surface area contributed by atoms with E-state index in [0.29, 0.717) is 0 Å². The van der Waals surface area contributed by atoms with Crippen molar-refractivity contribution in [3.8, 4) is 6.07 Å². The van der Waals surface area contributed by atoms with Gasteiger partial charge in [-0.3, -0.25) is 5.10 Å². The quantitative estimate of drug-likeness (QED) is 0.615. The molecular weight excluding hydrogens is 173 g/mol. The molecule has 7 heteroatoms. The predicted molar refractivity (Wildman–Crippen MR) is 32.7 cm³/mol. The smallest absolute Gasteiger partial charge is 0.381 e. The average Bonchev–Trinajstić information content (AvgIpc) is 2.29. The molecule has 0 amide bonds. The Morgan fingerprint density at radius 3 is 2.42 bits per heavy atom. The van der Waals surface area contributed by atoms with Crippen LogP contribution in [0.5, 0.6) is 0 Å². The SMILES string of the molecule is N#Cc1c(N)n[nH]c1C(F)(F)F. The average molecular weight is 176 g/mol. The molecule has 3 N–H and O–H groups in total. The number of nitriles is 1. The third-order valence-electron chi connectivity index (χ3n) is 1.19. The molecule has 1 aromatic heterocycles. The number of hydrogen-bond donors (Lipinski definition) is 2. The van der Waals surface area contributed by atoms with Gasteiger partial charge in [0.05, 0.1) is 0 Å². The molecular formula is C5H3F3N4. The molecule has 1 aromatic rings. The normalized spacial score (nSPS) is 11.2. The lowest BCUT2D eigenvalue weighted by atomic mass is 10.2. The monoisotopic (exact) mass is 176 g/mol. The first-order valence-corrected chi connectivity index (χ1v) is 2.78. The highest BCUT2D eigenvalue weighted by Crippen LogP contribution is 2.31. The highest BCUT2D eigenvalue weighted by Gasteiger charge is 2.37. The summed E-state index contributed by atoms with van der Waals surface area (Å²) in [5.41, 5.74) is 3.11. The Morgan fingerprint density at radius 1 is 1.50 bits per heavy atom. The van der Waals surface area contributed by atoms with E-state index in [1.807, 2.05) is 0 Å². The van der Waals surface area contributed by atoms with Crippen LogP contribution in [0.15, 0.2) is 0 Å². The molecule has 0 aliphatic rings. The Balaban J connectivity index is 3.28. The van der Waals surface area contributed by atoms with E-state index >= 15 is 0 Å². The summed E-state index contributed by atoms with van der Waals surface area (Å²) in [6, 6.07) is 1.31. The lowest BCUT2D eigenvalue weighted by Gasteiger charge is -2.01. The zero-order valence-corrected chi connectivity index (χ0v) is 5.61. The van der Waals surface area contributed by atoms with Crippen molar-refractivity contribution >= 4 is 5.82 Å². The minimum Gasteiger partial charge on any atom is -0.381 e. The van der Waals surface area contributed by atoms with Gasteiger partial charge in [0.1, 0.15) is 11.6 Å². The van der Waals surface area contributed by atoms with Gasteiger partial charge in [0, 0.05) is 0 Å². The van der Waals surface area contributed by atoms with Gasteiger partial charge in [-0.25, -0.2) is 0 Å². The summed E-state index contributed by atoms with van der Waals surface area (Å²) in [7, 11) is 0. The van der Waals surface area contributed by atoms with Crippen molar-refractivity contribution in [2.24, 2.45) is 0 Å². The van der Waals surface area contributed by atoms with Crippen LogP contribution in [0.2, 0.25) is 0 Å². The van der Waals surface area contributed by atoms with Gasteiger partial charge in [-0.2, -0.15) is 23.5 Å². The molecule has 0 aliphatic heterocycles. The number of rotatable bonds is 0. The van der Waals surface area contributed by atoms with Crippen LogP contribution in [0.3, 0.4) is 0 Å². The number of alkyl halides is 3. The second-order valence-corrected chi connectivity index (χ2v) is 1.97. The van der Waals surface area contributed by atoms with Crippen LogP contribution in [-0.4, -0.2) is 10.2 Å². The maximum Gasteiger partial charge on any atom is 0.434 e. The van der Waals surface area contributed by atoms with Crippen LogP contribution in [0, 0.1) is 11.3 Å². The molecule has 0 spiro atoms. The maximum absolute atomic E-state index is 12.0. The van der Waals surface area contributed by atoms with E-state index in [2.05, 4.69) is 5.10 Å². The number of aromatic amines is 1. The van der Waals surface area contributed by atoms with Crippen molar-refractivity contribution in [1.82, 2.24) is 10.2 Å². The first-order chi connectivity index (χ1) is 5.46. The van der Waals surface area contributed by atoms with Gasteiger partial charge >= 0.3 is 6.18 Å². The number of anilines is 1. The molecule has 0 saturated heterocycles. The van der Waals surface area contributed by atoms with E-state index in [0.717, 1.165) is 0 Å². The minimum absolute atomic E-state index is 0.440. The zero-order valence-electron chi connectivity index (χ0n) is 5.61. The molecule has 0 atom stereocenters. The Labute approximate surface area is 64.8 Å². The predicted octanol–water partition coefficient (Wildman–Crippen LogP) is 0.882. The van der Waals surface area contributed by atoms with E-state index in [1.54, 1.807) is 5.10 Å². The van der Waals surface area contributed by atoms with Crippen LogP contribution >= 0.6 is 0 Å². The molecule has 0 aliphatic carbocycles. The standard InChI is InChI=1S/C5H3F3N4/c6-5(7,8)3-2(1-9)4(10)12-11-3/h(H3,10,11,12). The van der Waals surface area contributed by atoms with Crippen LogP contribution in [0.1, 0.15) is 11.3 Å². The summed E-state index contributed by atoms with van der Waals surface area (Å²) < 4.78 is 35.9. The zero-order chi connectivity index (χ0) is 9.35. The second-order valence-electron chi connectivity index (χ2n) is 1.97. The summed E-state index contributed by atoms with van der Waals surface area (Å²) in [5, 5.41) is 13.0. The van der Waals surface area contributed by atoms with Gasteiger partial charge in [0.15, 0.2) is 11.5 Å². The fourth-order valence-corrected chi connectivity index (χ4v) is 0.674. The van der Waals surface area contributed by atoms with Gasteiger partial charge in [-0.15, -0.1) is 0 Å². The van der Waals surface area contributed by atoms with Crippen LogP contribution in [-0.2, 0) is 6.18 Å². The number of nitrogens with one attached hydrogen (secondary N) is 1. The summed E-state index contributed by atoms with van der Waals surface area (Å²) >= 11 is 0. The molecule has 0 radical (unpaired) electrons. The molecule has 1 heterocycles. The number of H-pyrrole nitrogens is 1. The van der Waals surface area contributed by atoms with Crippen molar-refractivity contribution in [2.75, 3.05) is 5.73 Å². The van der Waals surface area contributed by atoms with E-state index < -0.39 is 23.3 Å². The number of aromatic nitrogens is 2. The Bertz CT molecular complexity index is 331. The summed E-state index contributed by atoms with van der Waals surface area (Å²) in [5.74, 6) is -0.440. The molecule has 0 bridgehead atoms. The second kappa shape index (κ2) is 2.41. The highest BCUT2D eigenvalue weighted by atomic mass is 19.4. The summed E-state index contributed by atoms with van der Waals surface area (Å²) in [6.45, 7) is 0. The number of nitrogen functional groups attached to an aromatic ring is 1. The van der Waals surface area contributed by atoms with Crippen molar-refractivity contribution < 1.29 is 13.2 Å². The van der Waals surface area contributed by atoms with E-state index in [4.69, 9.17) is 11.0 Å². The van der Waals surface area contributed by atoms with E-state index in [1.165, 1.54) is 6.07 Å². The number of halogens is 3. The molecule has 4 nitrogen and oxygen atoms in total. The molecule has 64 valence electrons. The van der Waals surface area contributed by atoms with Gasteiger partial charge in [-0.1, -0.05) is 0 Å². The number of nitrogens with two attached hydrogens (primary N) is 1. The van der Waals surface area contributed by atoms with Gasteiger partial charge in [0.2, 0.25) is 0 Å². The van der Waals surface area contributed by atoms with Gasteiger partial charge < -0.3 is 5.73 Å². The third-order valence-corrected chi connectivity index (χ3v) is 1.19. The largest absolute Gasteiger partial charge is 0.434 e. The summed E-state index contributed by atoms with van der Waals surface area (Å²) in [6.07, 6.45) is -4.62. The molecule has 12 heavy (non-hydrogen) atoms. The first-order valence-electron chi connectivity index (χ1n) is 2.78. The van der Waals surface area contributed by atoms with Crippen LogP contribution in [0.4, 0.5) is 19.0 Å². The third kappa shape index (κ3) is 1.18. The first kappa shape index (κ1) is 8.39. The molecule has 0 fully saturated rings. The van der Waals surface area contributed by atoms with Crippen molar-refractivity contribution in [3.05, 3.63) is 11.3 Å².